The number of urea groups is 1. The van der Waals surface area contributed by atoms with Crippen molar-refractivity contribution in [2.75, 3.05) is 16.0 Å². The summed E-state index contributed by atoms with van der Waals surface area (Å²) in [5, 5.41) is 15.4. The molecular formula is C31H32FN7O2. The highest BCUT2D eigenvalue weighted by molar-refractivity contribution is 6.02. The van der Waals surface area contributed by atoms with E-state index in [9.17, 15) is 9.18 Å². The van der Waals surface area contributed by atoms with E-state index < -0.39 is 11.8 Å². The molecule has 5 aromatic rings. The van der Waals surface area contributed by atoms with E-state index in [-0.39, 0.29) is 23.0 Å². The predicted octanol–water partition coefficient (Wildman–Crippen LogP) is 7.64. The molecule has 0 atom stereocenters. The van der Waals surface area contributed by atoms with Gasteiger partial charge in [0, 0.05) is 53.9 Å². The fourth-order valence-electron chi connectivity index (χ4n) is 4.17. The quantitative estimate of drug-likeness (QED) is 0.191. The molecule has 3 aromatic heterocycles. The van der Waals surface area contributed by atoms with Gasteiger partial charge in [-0.3, -0.25) is 9.67 Å². The molecule has 3 heterocycles. The molecule has 210 valence electrons. The molecule has 0 fully saturated rings. The number of fused-ring (bicyclic) bond motifs is 1. The number of rotatable bonds is 7. The molecule has 0 bridgehead atoms. The summed E-state index contributed by atoms with van der Waals surface area (Å²) in [7, 11) is 0. The molecule has 0 saturated heterocycles. The first-order valence-corrected chi connectivity index (χ1v) is 13.3. The Kier molecular flexibility index (Phi) is 7.56. The SMILES string of the molecule is CC(C)Nc1cc(Oc2ccc(NC(=O)Nc3cn(C(C)(C)C)nc3-c3ccc4cnccc4c3)c(F)c2)ccn1. The number of nitrogens with zero attached hydrogens (tertiary/aromatic N) is 4. The molecule has 0 aliphatic rings. The van der Waals surface area contributed by atoms with Crippen LogP contribution in [0.4, 0.5) is 26.4 Å². The summed E-state index contributed by atoms with van der Waals surface area (Å²) >= 11 is 0. The number of carbonyl (C=O) groups is 1. The Hall–Kier alpha value is -4.99. The summed E-state index contributed by atoms with van der Waals surface area (Å²) in [5.74, 6) is 0.813. The summed E-state index contributed by atoms with van der Waals surface area (Å²) in [6.07, 6.45) is 6.91. The highest BCUT2D eigenvalue weighted by Gasteiger charge is 2.21. The van der Waals surface area contributed by atoms with Crippen LogP contribution in [0.2, 0.25) is 0 Å². The van der Waals surface area contributed by atoms with Gasteiger partial charge in [-0.15, -0.1) is 0 Å². The summed E-state index contributed by atoms with van der Waals surface area (Å²) < 4.78 is 22.6. The van der Waals surface area contributed by atoms with E-state index in [1.807, 2.05) is 58.9 Å². The van der Waals surface area contributed by atoms with E-state index in [0.29, 0.717) is 22.9 Å². The van der Waals surface area contributed by atoms with E-state index in [0.717, 1.165) is 16.3 Å². The molecular weight excluding hydrogens is 521 g/mol. The molecule has 2 aromatic carbocycles. The van der Waals surface area contributed by atoms with E-state index in [1.54, 1.807) is 47.7 Å². The zero-order chi connectivity index (χ0) is 29.1. The minimum atomic E-state index is -0.638. The number of aromatic nitrogens is 4. The number of benzene rings is 2. The molecule has 0 aliphatic carbocycles. The van der Waals surface area contributed by atoms with Gasteiger partial charge in [0.15, 0.2) is 0 Å². The first-order chi connectivity index (χ1) is 19.5. The van der Waals surface area contributed by atoms with Crippen LogP contribution in [0.25, 0.3) is 22.0 Å². The van der Waals surface area contributed by atoms with Gasteiger partial charge in [-0.05, 0) is 70.3 Å². The van der Waals surface area contributed by atoms with Crippen LogP contribution in [0, 0.1) is 5.82 Å². The van der Waals surface area contributed by atoms with Crippen molar-refractivity contribution in [2.45, 2.75) is 46.2 Å². The van der Waals surface area contributed by atoms with Gasteiger partial charge in [0.25, 0.3) is 0 Å². The molecule has 0 saturated carbocycles. The predicted molar refractivity (Wildman–Crippen MR) is 160 cm³/mol. The first kappa shape index (κ1) is 27.6. The molecule has 41 heavy (non-hydrogen) atoms. The van der Waals surface area contributed by atoms with Gasteiger partial charge in [-0.2, -0.15) is 5.10 Å². The lowest BCUT2D eigenvalue weighted by atomic mass is 10.1. The van der Waals surface area contributed by atoms with Gasteiger partial charge in [0.2, 0.25) is 0 Å². The van der Waals surface area contributed by atoms with Crippen LogP contribution in [-0.2, 0) is 5.54 Å². The van der Waals surface area contributed by atoms with Gasteiger partial charge in [0.1, 0.15) is 28.8 Å². The molecule has 5 rings (SSSR count). The average molecular weight is 554 g/mol. The fourth-order valence-corrected chi connectivity index (χ4v) is 4.17. The smallest absolute Gasteiger partial charge is 0.323 e. The minimum absolute atomic E-state index is 0.00899. The Morgan fingerprint density at radius 3 is 2.46 bits per heavy atom. The van der Waals surface area contributed by atoms with Crippen molar-refractivity contribution in [1.29, 1.82) is 0 Å². The normalized spacial score (nSPS) is 11.5. The van der Waals surface area contributed by atoms with Crippen LogP contribution in [0.5, 0.6) is 11.5 Å². The van der Waals surface area contributed by atoms with Crippen molar-refractivity contribution >= 4 is 34.0 Å². The second kappa shape index (κ2) is 11.2. The molecule has 0 aliphatic heterocycles. The molecule has 9 nitrogen and oxygen atoms in total. The van der Waals surface area contributed by atoms with E-state index in [4.69, 9.17) is 9.84 Å². The van der Waals surface area contributed by atoms with E-state index >= 15 is 0 Å². The summed E-state index contributed by atoms with van der Waals surface area (Å²) in [6, 6.07) is 15.1. The van der Waals surface area contributed by atoms with Crippen molar-refractivity contribution in [3.63, 3.8) is 0 Å². The number of hydrogen-bond donors (Lipinski definition) is 3. The number of halogens is 1. The summed E-state index contributed by atoms with van der Waals surface area (Å²) in [4.78, 5) is 21.4. The van der Waals surface area contributed by atoms with Crippen LogP contribution < -0.4 is 20.7 Å². The van der Waals surface area contributed by atoms with Crippen LogP contribution in [0.1, 0.15) is 34.6 Å². The molecule has 0 radical (unpaired) electrons. The standard InChI is InChI=1S/C31H32FN7O2/c1-19(2)35-28-16-24(11-13-34-28)41-23-8-9-26(25(32)15-23)36-30(40)37-27-18-39(31(3,4)5)38-29(27)21-6-7-22-17-33-12-10-20(22)14-21/h6-19H,1-5H3,(H,34,35)(H2,36,37,40). The lowest BCUT2D eigenvalue weighted by Crippen LogP contribution is -2.22. The number of nitrogens with one attached hydrogen (secondary N) is 3. The van der Waals surface area contributed by atoms with Gasteiger partial charge < -0.3 is 20.7 Å². The topological polar surface area (TPSA) is 106 Å². The third-order valence-electron chi connectivity index (χ3n) is 6.16. The van der Waals surface area contributed by atoms with Crippen molar-refractivity contribution in [2.24, 2.45) is 0 Å². The Balaban J connectivity index is 1.33. The molecule has 0 unspecified atom stereocenters. The Labute approximate surface area is 237 Å². The second-order valence-corrected chi connectivity index (χ2v) is 10.9. The van der Waals surface area contributed by atoms with Gasteiger partial charge >= 0.3 is 6.03 Å². The highest BCUT2D eigenvalue weighted by atomic mass is 19.1. The lowest BCUT2D eigenvalue weighted by molar-refractivity contribution is 0.262. The third kappa shape index (κ3) is 6.60. The zero-order valence-corrected chi connectivity index (χ0v) is 23.6. The van der Waals surface area contributed by atoms with Crippen LogP contribution in [0.3, 0.4) is 0 Å². The van der Waals surface area contributed by atoms with Crippen LogP contribution in [-0.4, -0.2) is 31.8 Å². The Bertz CT molecular complexity index is 1710. The maximum atomic E-state index is 15.0. The second-order valence-electron chi connectivity index (χ2n) is 10.9. The number of pyridine rings is 2. The van der Waals surface area contributed by atoms with Crippen molar-refractivity contribution in [1.82, 2.24) is 19.7 Å². The Morgan fingerprint density at radius 2 is 1.71 bits per heavy atom. The van der Waals surface area contributed by atoms with Gasteiger partial charge in [-0.25, -0.2) is 14.2 Å². The summed E-state index contributed by atoms with van der Waals surface area (Å²) in [6.45, 7) is 10.1. The van der Waals surface area contributed by atoms with E-state index in [1.165, 1.54) is 12.1 Å². The zero-order valence-electron chi connectivity index (χ0n) is 23.6. The highest BCUT2D eigenvalue weighted by Crippen LogP contribution is 2.32. The Morgan fingerprint density at radius 1 is 0.927 bits per heavy atom. The van der Waals surface area contributed by atoms with Crippen molar-refractivity contribution < 1.29 is 13.9 Å². The van der Waals surface area contributed by atoms with Crippen LogP contribution in [0.15, 0.2) is 79.4 Å². The molecule has 3 N–H and O–H groups in total. The maximum absolute atomic E-state index is 15.0. The molecule has 0 spiro atoms. The molecule has 2 amide bonds. The number of amides is 2. The maximum Gasteiger partial charge on any atom is 0.323 e. The number of ether oxygens (including phenoxy) is 1. The summed E-state index contributed by atoms with van der Waals surface area (Å²) in [5.41, 5.74) is 1.61. The molecule has 10 heteroatoms. The lowest BCUT2D eigenvalue weighted by Gasteiger charge is -2.18. The number of carbonyl (C=O) groups excluding carboxylic acids is 1. The largest absolute Gasteiger partial charge is 0.457 e. The third-order valence-corrected chi connectivity index (χ3v) is 6.16. The number of anilines is 3. The fraction of sp³-hybridized carbons (Fsp3) is 0.226. The minimum Gasteiger partial charge on any atom is -0.457 e. The van der Waals surface area contributed by atoms with Crippen molar-refractivity contribution in [3.8, 4) is 22.8 Å². The average Bonchev–Trinajstić information content (AvgIpc) is 3.34. The van der Waals surface area contributed by atoms with Gasteiger partial charge in [-0.1, -0.05) is 12.1 Å². The monoisotopic (exact) mass is 553 g/mol. The van der Waals surface area contributed by atoms with Crippen LogP contribution >= 0.6 is 0 Å². The van der Waals surface area contributed by atoms with E-state index in [2.05, 4.69) is 25.9 Å². The number of hydrogen-bond acceptors (Lipinski definition) is 6. The first-order valence-electron chi connectivity index (χ1n) is 13.3. The van der Waals surface area contributed by atoms with Gasteiger partial charge in [0.05, 0.1) is 16.9 Å². The van der Waals surface area contributed by atoms with Crippen molar-refractivity contribution in [3.05, 3.63) is 85.2 Å².